The predicted octanol–water partition coefficient (Wildman–Crippen LogP) is 5.69. The highest BCUT2D eigenvalue weighted by atomic mass is 32.2. The highest BCUT2D eigenvalue weighted by molar-refractivity contribution is 7.99. The lowest BCUT2D eigenvalue weighted by Crippen LogP contribution is -2.67. The molecule has 0 bridgehead atoms. The third-order valence-electron chi connectivity index (χ3n) is 10.0. The van der Waals surface area contributed by atoms with Gasteiger partial charge < -0.3 is 9.33 Å². The van der Waals surface area contributed by atoms with Crippen LogP contribution < -0.4 is 15.5 Å². The monoisotopic (exact) mass is 847 g/mol. The molecule has 9 nitrogen and oxygen atoms in total. The van der Waals surface area contributed by atoms with Gasteiger partial charge in [-0.2, -0.15) is 13.2 Å². The zero-order chi connectivity index (χ0) is 40.8. The minimum atomic E-state index is -5.95. The van der Waals surface area contributed by atoms with Crippen molar-refractivity contribution in [2.75, 3.05) is 45.1 Å². The first kappa shape index (κ1) is 43.6. The zero-order valence-corrected chi connectivity index (χ0v) is 35.1. The molecule has 0 aromatic heterocycles. The highest BCUT2D eigenvalue weighted by Gasteiger charge is 2.50. The van der Waals surface area contributed by atoms with E-state index < -0.39 is 49.4 Å². The number of nitrogens with two attached hydrogens (primary N) is 1. The third kappa shape index (κ3) is 10.3. The number of carbonyl (C=O) groups is 1. The van der Waals surface area contributed by atoms with Gasteiger partial charge in [0.1, 0.15) is 0 Å². The Bertz CT molecular complexity index is 2110. The highest BCUT2D eigenvalue weighted by Crippen LogP contribution is 2.37. The number of rotatable bonds is 15. The molecule has 1 heterocycles. The van der Waals surface area contributed by atoms with E-state index in [1.807, 2.05) is 66.7 Å². The topological polar surface area (TPSA) is 127 Å². The lowest BCUT2D eigenvalue weighted by molar-refractivity contribution is -0.133. The molecule has 16 heteroatoms. The number of thioether (sulfide) groups is 1. The van der Waals surface area contributed by atoms with Crippen LogP contribution in [-0.4, -0.2) is 91.5 Å². The van der Waals surface area contributed by atoms with Gasteiger partial charge in [-0.25, -0.2) is 22.0 Å². The van der Waals surface area contributed by atoms with Gasteiger partial charge >= 0.3 is 5.51 Å². The number of carbonyl (C=O) groups excluding carboxylic acids is 1. The standard InChI is InChI=1S/C40H48F3N3O6S3Si/c1-39(2,3)56(35-15-9-5-10-16-35,36-17-11-6-12-18-36)52-26-25-45-21-23-46(24-22-45)38(47)28-31(30-53-33-13-7-4-8-14-33)27-32-19-20-34(55(44,50)51)29-37(32)54(48,49)40(41,42)43/h4-20,29,31H,21-28,30H2,1-3H3,(H2,44,50,51)/t31-/m1/s1. The molecule has 2 N–H and O–H groups in total. The van der Waals surface area contributed by atoms with Crippen molar-refractivity contribution in [3.05, 3.63) is 115 Å². The second-order valence-electron chi connectivity index (χ2n) is 14.9. The molecule has 1 atom stereocenters. The quantitative estimate of drug-likeness (QED) is 0.120. The SMILES string of the molecule is CC(C)(C)[Si](OCCN1CCN(C(=O)C[C@H](CSc2ccccc2)Cc2ccc(S(N)(=O)=O)cc2S(=O)(=O)C(F)(F)F)CC1)(c1ccccc1)c1ccccc1. The molecule has 4 aromatic rings. The largest absolute Gasteiger partial charge is 0.501 e. The third-order valence-corrected chi connectivity index (χ3v) is 18.8. The summed E-state index contributed by atoms with van der Waals surface area (Å²) in [5.41, 5.74) is -5.93. The van der Waals surface area contributed by atoms with E-state index in [4.69, 9.17) is 9.56 Å². The smallest absolute Gasteiger partial charge is 0.406 e. The van der Waals surface area contributed by atoms with Crippen molar-refractivity contribution in [3.63, 3.8) is 0 Å². The molecule has 1 aliphatic heterocycles. The fourth-order valence-corrected chi connectivity index (χ4v) is 14.4. The summed E-state index contributed by atoms with van der Waals surface area (Å²) in [5, 5.41) is 7.36. The number of benzene rings is 4. The number of hydrogen-bond acceptors (Lipinski definition) is 8. The summed E-state index contributed by atoms with van der Waals surface area (Å²) in [6.07, 6.45) is -0.278. The van der Waals surface area contributed by atoms with Crippen molar-refractivity contribution < 1.29 is 39.2 Å². The van der Waals surface area contributed by atoms with Gasteiger partial charge in [-0.05, 0) is 57.6 Å². The van der Waals surface area contributed by atoms with Gasteiger partial charge in [0.15, 0.2) is 0 Å². The Labute approximate surface area is 333 Å². The Morgan fingerprint density at radius 3 is 1.86 bits per heavy atom. The van der Waals surface area contributed by atoms with Gasteiger partial charge in [0.25, 0.3) is 18.2 Å². The summed E-state index contributed by atoms with van der Waals surface area (Å²) in [5.74, 6) is -0.501. The number of nitrogens with zero attached hydrogens (tertiary/aromatic N) is 2. The minimum Gasteiger partial charge on any atom is -0.406 e. The maximum absolute atomic E-state index is 13.8. The molecule has 1 fully saturated rings. The molecule has 5 rings (SSSR count). The van der Waals surface area contributed by atoms with Crippen molar-refractivity contribution in [2.45, 2.75) is 58.8 Å². The van der Waals surface area contributed by atoms with Crippen molar-refractivity contribution >= 4 is 56.2 Å². The van der Waals surface area contributed by atoms with E-state index >= 15 is 0 Å². The first-order valence-corrected chi connectivity index (χ1v) is 24.2. The van der Waals surface area contributed by atoms with E-state index in [1.54, 1.807) is 4.90 Å². The fourth-order valence-electron chi connectivity index (χ4n) is 7.17. The number of sulfone groups is 1. The molecular formula is C40H48F3N3O6S3Si. The van der Waals surface area contributed by atoms with Gasteiger partial charge in [0.2, 0.25) is 15.9 Å². The number of amides is 1. The Hall–Kier alpha value is -3.51. The number of piperazine rings is 1. The van der Waals surface area contributed by atoms with Crippen molar-refractivity contribution in [1.82, 2.24) is 9.80 Å². The Morgan fingerprint density at radius 1 is 0.821 bits per heavy atom. The number of sulfonamides is 1. The van der Waals surface area contributed by atoms with Crippen molar-refractivity contribution in [3.8, 4) is 0 Å². The van der Waals surface area contributed by atoms with Crippen molar-refractivity contribution in [2.24, 2.45) is 11.1 Å². The summed E-state index contributed by atoms with van der Waals surface area (Å²) < 4.78 is 97.9. The molecular weight excluding hydrogens is 800 g/mol. The maximum Gasteiger partial charge on any atom is 0.501 e. The van der Waals surface area contributed by atoms with Crippen LogP contribution in [0, 0.1) is 5.92 Å². The maximum atomic E-state index is 13.8. The van der Waals surface area contributed by atoms with E-state index in [2.05, 4.69) is 49.9 Å². The number of halogens is 3. The lowest BCUT2D eigenvalue weighted by atomic mass is 9.97. The first-order valence-electron chi connectivity index (χ1n) is 18.2. The van der Waals surface area contributed by atoms with Gasteiger partial charge in [0.05, 0.1) is 9.79 Å². The van der Waals surface area contributed by atoms with E-state index in [9.17, 15) is 34.8 Å². The van der Waals surface area contributed by atoms with E-state index in [-0.39, 0.29) is 35.1 Å². The van der Waals surface area contributed by atoms with E-state index in [0.717, 1.165) is 17.0 Å². The van der Waals surface area contributed by atoms with Crippen molar-refractivity contribution in [1.29, 1.82) is 0 Å². The molecule has 0 radical (unpaired) electrons. The molecule has 0 unspecified atom stereocenters. The predicted molar refractivity (Wildman–Crippen MR) is 217 cm³/mol. The average molecular weight is 848 g/mol. The molecule has 1 amide bonds. The van der Waals surface area contributed by atoms with Gasteiger partial charge in [-0.15, -0.1) is 11.8 Å². The van der Waals surface area contributed by atoms with Crippen LogP contribution in [0.15, 0.2) is 124 Å². The lowest BCUT2D eigenvalue weighted by Gasteiger charge is -2.43. The number of primary sulfonamides is 1. The van der Waals surface area contributed by atoms with Gasteiger partial charge in [-0.1, -0.05) is 106 Å². The van der Waals surface area contributed by atoms with Crippen LogP contribution in [0.4, 0.5) is 13.2 Å². The van der Waals surface area contributed by atoms with Crippen LogP contribution >= 0.6 is 11.8 Å². The zero-order valence-electron chi connectivity index (χ0n) is 31.6. The van der Waals surface area contributed by atoms with E-state index in [1.165, 1.54) is 22.1 Å². The number of hydrogen-bond donors (Lipinski definition) is 1. The Kier molecular flexibility index (Phi) is 14.0. The van der Waals surface area contributed by atoms with Crippen LogP contribution in [0.5, 0.6) is 0 Å². The first-order chi connectivity index (χ1) is 26.3. The molecule has 56 heavy (non-hydrogen) atoms. The molecule has 0 spiro atoms. The fraction of sp³-hybridized carbons (Fsp3) is 0.375. The van der Waals surface area contributed by atoms with Crippen LogP contribution in [0.3, 0.4) is 0 Å². The summed E-state index contributed by atoms with van der Waals surface area (Å²) >= 11 is 1.40. The van der Waals surface area contributed by atoms with Crippen LogP contribution in [0.2, 0.25) is 5.04 Å². The molecule has 4 aromatic carbocycles. The summed E-state index contributed by atoms with van der Waals surface area (Å²) in [6, 6.07) is 32.5. The number of alkyl halides is 3. The molecule has 0 saturated carbocycles. The normalized spacial score (nSPS) is 15.4. The van der Waals surface area contributed by atoms with Crippen LogP contribution in [0.25, 0.3) is 0 Å². The van der Waals surface area contributed by atoms with Crippen LogP contribution in [-0.2, 0) is 35.5 Å². The summed E-state index contributed by atoms with van der Waals surface area (Å²) in [4.78, 5) is 16.7. The molecule has 302 valence electrons. The second kappa shape index (κ2) is 18.0. The van der Waals surface area contributed by atoms with Gasteiger partial charge in [-0.3, -0.25) is 9.69 Å². The molecule has 1 saturated heterocycles. The Morgan fingerprint density at radius 2 is 1.36 bits per heavy atom. The summed E-state index contributed by atoms with van der Waals surface area (Å²) in [6.45, 7) is 9.91. The average Bonchev–Trinajstić information content (AvgIpc) is 3.15. The van der Waals surface area contributed by atoms with Gasteiger partial charge in [0, 0.05) is 56.4 Å². The minimum absolute atomic E-state index is 0.0563. The molecule has 1 aliphatic rings. The van der Waals surface area contributed by atoms with Crippen LogP contribution in [0.1, 0.15) is 32.8 Å². The summed E-state index contributed by atoms with van der Waals surface area (Å²) in [7, 11) is -13.2. The Balaban J connectivity index is 1.29. The van der Waals surface area contributed by atoms with E-state index in [0.29, 0.717) is 45.4 Å². The molecule has 0 aliphatic carbocycles. The second-order valence-corrected chi connectivity index (χ2v) is 23.8.